The lowest BCUT2D eigenvalue weighted by Gasteiger charge is -2.40. The van der Waals surface area contributed by atoms with Gasteiger partial charge in [-0.25, -0.2) is 0 Å². The van der Waals surface area contributed by atoms with Crippen molar-refractivity contribution in [1.82, 2.24) is 0 Å². The molecule has 0 unspecified atom stereocenters. The fourth-order valence-corrected chi connectivity index (χ4v) is 3.51. The average Bonchev–Trinajstić information content (AvgIpc) is 2.55. The molecule has 26 heavy (non-hydrogen) atoms. The van der Waals surface area contributed by atoms with E-state index in [0.29, 0.717) is 5.57 Å². The molecule has 0 fully saturated rings. The zero-order valence-corrected chi connectivity index (χ0v) is 16.3. The number of hydrogen-bond acceptors (Lipinski definition) is 3. The number of ketones is 1. The molecule has 1 N–H and O–H groups in total. The molecule has 136 valence electrons. The lowest BCUT2D eigenvalue weighted by Crippen LogP contribution is -2.49. The lowest BCUT2D eigenvalue weighted by atomic mass is 9.81. The first kappa shape index (κ1) is 18.4. The summed E-state index contributed by atoms with van der Waals surface area (Å²) in [5.41, 5.74) is 3.45. The zero-order valence-electron chi connectivity index (χ0n) is 16.3. The van der Waals surface area contributed by atoms with Gasteiger partial charge in [-0.3, -0.25) is 4.79 Å². The minimum Gasteiger partial charge on any atom is -0.508 e. The fourth-order valence-electron chi connectivity index (χ4n) is 3.51. The normalized spacial score (nSPS) is 18.9. The van der Waals surface area contributed by atoms with Gasteiger partial charge in [-0.15, -0.1) is 0 Å². The molecule has 0 aliphatic carbocycles. The van der Waals surface area contributed by atoms with E-state index < -0.39 is 11.2 Å². The molecule has 3 rings (SSSR count). The van der Waals surface area contributed by atoms with E-state index in [2.05, 4.69) is 31.2 Å². The van der Waals surface area contributed by atoms with E-state index in [1.54, 1.807) is 27.7 Å². The molecule has 0 radical (unpaired) electrons. The van der Waals surface area contributed by atoms with Crippen LogP contribution in [0.3, 0.4) is 0 Å². The van der Waals surface area contributed by atoms with Crippen LogP contribution in [0, 0.1) is 13.8 Å². The Morgan fingerprint density at radius 3 is 2.04 bits per heavy atom. The van der Waals surface area contributed by atoms with Gasteiger partial charge in [0.1, 0.15) is 17.0 Å². The molecule has 0 aromatic heterocycles. The standard InChI is InChI=1S/C23H26O3/c1-14-7-10-16(11-8-14)17-12-9-15(2)18(13-17)19-20(24)22(3,4)26-23(5,6)21(19)25/h7-13,24H,1-6H3. The molecule has 3 nitrogen and oxygen atoms in total. The Morgan fingerprint density at radius 2 is 1.42 bits per heavy atom. The van der Waals surface area contributed by atoms with Crippen molar-refractivity contribution in [1.29, 1.82) is 0 Å². The molecule has 1 aliphatic rings. The summed E-state index contributed by atoms with van der Waals surface area (Å²) in [6.07, 6.45) is 0. The van der Waals surface area contributed by atoms with Crippen LogP contribution in [0.2, 0.25) is 0 Å². The number of carbonyl (C=O) groups excluding carboxylic acids is 1. The summed E-state index contributed by atoms with van der Waals surface area (Å²) in [6, 6.07) is 14.3. The highest BCUT2D eigenvalue weighted by Crippen LogP contribution is 2.41. The Morgan fingerprint density at radius 1 is 0.846 bits per heavy atom. The minimum atomic E-state index is -0.989. The van der Waals surface area contributed by atoms with Crippen LogP contribution in [0.25, 0.3) is 16.7 Å². The first-order valence-electron chi connectivity index (χ1n) is 8.90. The number of carbonyl (C=O) groups is 1. The second kappa shape index (κ2) is 6.10. The number of hydrogen-bond donors (Lipinski definition) is 1. The lowest BCUT2D eigenvalue weighted by molar-refractivity contribution is -0.158. The van der Waals surface area contributed by atoms with Crippen molar-refractivity contribution >= 4 is 11.4 Å². The van der Waals surface area contributed by atoms with Crippen LogP contribution < -0.4 is 0 Å². The summed E-state index contributed by atoms with van der Waals surface area (Å²) >= 11 is 0. The number of benzene rings is 2. The Labute approximate surface area is 155 Å². The predicted octanol–water partition coefficient (Wildman–Crippen LogP) is 5.40. The predicted molar refractivity (Wildman–Crippen MR) is 105 cm³/mol. The van der Waals surface area contributed by atoms with Crippen LogP contribution in [0.1, 0.15) is 44.4 Å². The van der Waals surface area contributed by atoms with Gasteiger partial charge in [0.15, 0.2) is 5.78 Å². The maximum absolute atomic E-state index is 13.0. The number of aryl methyl sites for hydroxylation is 2. The van der Waals surface area contributed by atoms with Crippen LogP contribution in [-0.2, 0) is 9.53 Å². The van der Waals surface area contributed by atoms with Gasteiger partial charge in [0, 0.05) is 0 Å². The van der Waals surface area contributed by atoms with Crippen LogP contribution >= 0.6 is 0 Å². The Kier molecular flexibility index (Phi) is 4.32. The third-order valence-electron chi connectivity index (χ3n) is 4.98. The van der Waals surface area contributed by atoms with Crippen molar-refractivity contribution in [3.05, 3.63) is 64.9 Å². The topological polar surface area (TPSA) is 46.5 Å². The number of aliphatic hydroxyl groups excluding tert-OH is 1. The van der Waals surface area contributed by atoms with Gasteiger partial charge in [0.05, 0.1) is 5.57 Å². The van der Waals surface area contributed by atoms with Gasteiger partial charge < -0.3 is 9.84 Å². The zero-order chi connectivity index (χ0) is 19.3. The summed E-state index contributed by atoms with van der Waals surface area (Å²) in [5, 5.41) is 10.8. The second-order valence-electron chi connectivity index (χ2n) is 8.07. The Hall–Kier alpha value is -2.39. The molecule has 1 aliphatic heterocycles. The molecule has 2 aromatic rings. The van der Waals surface area contributed by atoms with Crippen LogP contribution in [0.5, 0.6) is 0 Å². The van der Waals surface area contributed by atoms with E-state index in [9.17, 15) is 9.90 Å². The first-order valence-corrected chi connectivity index (χ1v) is 8.90. The van der Waals surface area contributed by atoms with Gasteiger partial charge in [0.25, 0.3) is 0 Å². The van der Waals surface area contributed by atoms with Gasteiger partial charge >= 0.3 is 0 Å². The fraction of sp³-hybridized carbons (Fsp3) is 0.348. The Balaban J connectivity index is 2.21. The van der Waals surface area contributed by atoms with Crippen molar-refractivity contribution < 1.29 is 14.6 Å². The molecule has 0 bridgehead atoms. The highest BCUT2D eigenvalue weighted by atomic mass is 16.5. The van der Waals surface area contributed by atoms with Crippen molar-refractivity contribution in [3.63, 3.8) is 0 Å². The van der Waals surface area contributed by atoms with E-state index in [1.807, 2.05) is 25.1 Å². The quantitative estimate of drug-likeness (QED) is 0.789. The molecule has 0 spiro atoms. The highest BCUT2D eigenvalue weighted by Gasteiger charge is 2.47. The monoisotopic (exact) mass is 350 g/mol. The summed E-state index contributed by atoms with van der Waals surface area (Å²) in [5.74, 6) is -0.204. The van der Waals surface area contributed by atoms with Crippen LogP contribution in [-0.4, -0.2) is 22.1 Å². The van der Waals surface area contributed by atoms with Gasteiger partial charge in [-0.1, -0.05) is 42.0 Å². The van der Waals surface area contributed by atoms with E-state index in [1.165, 1.54) is 5.56 Å². The minimum absolute atomic E-state index is 0.00835. The number of ether oxygens (including phenoxy) is 1. The molecule has 0 saturated carbocycles. The third kappa shape index (κ3) is 3.08. The van der Waals surface area contributed by atoms with E-state index in [4.69, 9.17) is 4.74 Å². The molecule has 2 aromatic carbocycles. The molecule has 1 heterocycles. The second-order valence-corrected chi connectivity index (χ2v) is 8.07. The summed E-state index contributed by atoms with van der Waals surface area (Å²) in [7, 11) is 0. The number of aliphatic hydroxyl groups is 1. The van der Waals surface area contributed by atoms with E-state index in [0.717, 1.165) is 22.3 Å². The highest BCUT2D eigenvalue weighted by molar-refractivity contribution is 6.26. The summed E-state index contributed by atoms with van der Waals surface area (Å²) < 4.78 is 5.85. The summed E-state index contributed by atoms with van der Waals surface area (Å²) in [6.45, 7) is 11.1. The number of Topliss-reactive ketones (excluding diaryl/α,β-unsaturated/α-hetero) is 1. The van der Waals surface area contributed by atoms with Crippen molar-refractivity contribution in [2.24, 2.45) is 0 Å². The van der Waals surface area contributed by atoms with Gasteiger partial charge in [-0.05, 0) is 69.9 Å². The first-order chi connectivity index (χ1) is 12.0. The smallest absolute Gasteiger partial charge is 0.198 e. The van der Waals surface area contributed by atoms with E-state index in [-0.39, 0.29) is 11.5 Å². The van der Waals surface area contributed by atoms with Crippen molar-refractivity contribution in [3.8, 4) is 11.1 Å². The third-order valence-corrected chi connectivity index (χ3v) is 4.98. The van der Waals surface area contributed by atoms with Gasteiger partial charge in [-0.2, -0.15) is 0 Å². The molecular weight excluding hydrogens is 324 g/mol. The van der Waals surface area contributed by atoms with Crippen molar-refractivity contribution in [2.45, 2.75) is 52.7 Å². The number of rotatable bonds is 2. The van der Waals surface area contributed by atoms with Crippen molar-refractivity contribution in [2.75, 3.05) is 0 Å². The average molecular weight is 350 g/mol. The molecule has 0 amide bonds. The maximum Gasteiger partial charge on any atom is 0.198 e. The molecule has 0 saturated heterocycles. The van der Waals surface area contributed by atoms with E-state index >= 15 is 0 Å². The molecular formula is C23H26O3. The van der Waals surface area contributed by atoms with Crippen LogP contribution in [0.4, 0.5) is 0 Å². The molecule has 3 heteroatoms. The Bertz CT molecular complexity index is 900. The molecule has 0 atom stereocenters. The van der Waals surface area contributed by atoms with Gasteiger partial charge in [0.2, 0.25) is 0 Å². The summed E-state index contributed by atoms with van der Waals surface area (Å²) in [4.78, 5) is 13.0. The largest absolute Gasteiger partial charge is 0.508 e. The SMILES string of the molecule is Cc1ccc(-c2ccc(C)c(C3=C(O)C(C)(C)OC(C)(C)C3=O)c2)cc1. The van der Waals surface area contributed by atoms with Crippen LogP contribution in [0.15, 0.2) is 48.2 Å². The maximum atomic E-state index is 13.0.